The lowest BCUT2D eigenvalue weighted by molar-refractivity contribution is -0.123. The number of benzene rings is 1. The van der Waals surface area contributed by atoms with Crippen molar-refractivity contribution in [1.29, 1.82) is 0 Å². The molecule has 25 heavy (non-hydrogen) atoms. The zero-order valence-electron chi connectivity index (χ0n) is 15.2. The Morgan fingerprint density at radius 2 is 1.92 bits per heavy atom. The average Bonchev–Trinajstić information content (AvgIpc) is 3.47. The molecule has 1 saturated carbocycles. The molecule has 0 atom stereocenters. The van der Waals surface area contributed by atoms with Crippen LogP contribution in [0.2, 0.25) is 0 Å². The minimum absolute atomic E-state index is 0.127. The van der Waals surface area contributed by atoms with Gasteiger partial charge in [-0.25, -0.2) is 0 Å². The third kappa shape index (κ3) is 4.07. The maximum absolute atomic E-state index is 12.7. The summed E-state index contributed by atoms with van der Waals surface area (Å²) in [5.41, 5.74) is 0.620. The van der Waals surface area contributed by atoms with Crippen LogP contribution in [0.4, 0.5) is 0 Å². The third-order valence-corrected chi connectivity index (χ3v) is 5.16. The van der Waals surface area contributed by atoms with Crippen LogP contribution in [0.5, 0.6) is 11.5 Å². The summed E-state index contributed by atoms with van der Waals surface area (Å²) in [5, 5.41) is 3.12. The highest BCUT2D eigenvalue weighted by atomic mass is 16.5. The Bertz CT molecular complexity index is 595. The Kier molecular flexibility index (Phi) is 5.81. The second-order valence-electron chi connectivity index (χ2n) is 6.72. The summed E-state index contributed by atoms with van der Waals surface area (Å²) < 4.78 is 16.0. The molecule has 1 aliphatic heterocycles. The molecular formula is C19H28N2O4. The number of nitrogens with zero attached hydrogens (tertiary/aromatic N) is 1. The Balaban J connectivity index is 1.52. The topological polar surface area (TPSA) is 60.0 Å². The van der Waals surface area contributed by atoms with Crippen LogP contribution >= 0.6 is 0 Å². The van der Waals surface area contributed by atoms with Crippen molar-refractivity contribution in [3.05, 3.63) is 23.8 Å². The Hall–Kier alpha value is -1.79. The van der Waals surface area contributed by atoms with Gasteiger partial charge in [-0.3, -0.25) is 9.69 Å². The van der Waals surface area contributed by atoms with Gasteiger partial charge >= 0.3 is 0 Å². The van der Waals surface area contributed by atoms with Crippen molar-refractivity contribution in [3.63, 3.8) is 0 Å². The lowest BCUT2D eigenvalue weighted by atomic mass is 9.94. The van der Waals surface area contributed by atoms with E-state index < -0.39 is 5.41 Å². The molecule has 0 spiro atoms. The number of hydrogen-bond donors (Lipinski definition) is 1. The zero-order chi connectivity index (χ0) is 17.7. The number of carbonyl (C=O) groups excluding carboxylic acids is 1. The van der Waals surface area contributed by atoms with Crippen molar-refractivity contribution < 1.29 is 19.0 Å². The van der Waals surface area contributed by atoms with Gasteiger partial charge in [0.2, 0.25) is 5.91 Å². The van der Waals surface area contributed by atoms with E-state index in [4.69, 9.17) is 14.2 Å². The van der Waals surface area contributed by atoms with Crippen LogP contribution in [-0.2, 0) is 14.9 Å². The van der Waals surface area contributed by atoms with Crippen molar-refractivity contribution >= 4 is 5.91 Å². The van der Waals surface area contributed by atoms with Gasteiger partial charge in [-0.1, -0.05) is 6.07 Å². The normalized spacial score (nSPS) is 19.3. The first-order valence-electron chi connectivity index (χ1n) is 9.00. The molecule has 0 unspecified atom stereocenters. The number of morpholine rings is 1. The summed E-state index contributed by atoms with van der Waals surface area (Å²) in [7, 11) is 3.23. The molecule has 1 amide bonds. The van der Waals surface area contributed by atoms with E-state index in [1.807, 2.05) is 18.2 Å². The SMILES string of the molecule is COc1ccc(C2(C(=O)NCCCN3CCOCC3)CC2)cc1OC. The van der Waals surface area contributed by atoms with Gasteiger partial charge in [0.1, 0.15) is 0 Å². The van der Waals surface area contributed by atoms with Crippen LogP contribution < -0.4 is 14.8 Å². The lowest BCUT2D eigenvalue weighted by Gasteiger charge is -2.26. The smallest absolute Gasteiger partial charge is 0.230 e. The number of carbonyl (C=O) groups is 1. The lowest BCUT2D eigenvalue weighted by Crippen LogP contribution is -2.39. The Morgan fingerprint density at radius 3 is 2.56 bits per heavy atom. The molecule has 1 aromatic carbocycles. The highest BCUT2D eigenvalue weighted by Gasteiger charge is 2.51. The van der Waals surface area contributed by atoms with Gasteiger partial charge in [-0.05, 0) is 43.5 Å². The summed E-state index contributed by atoms with van der Waals surface area (Å²) in [6.07, 6.45) is 2.74. The molecule has 1 aromatic rings. The molecule has 6 heteroatoms. The van der Waals surface area contributed by atoms with E-state index in [0.717, 1.165) is 57.7 Å². The van der Waals surface area contributed by atoms with Gasteiger partial charge in [0.15, 0.2) is 11.5 Å². The number of hydrogen-bond acceptors (Lipinski definition) is 5. The van der Waals surface area contributed by atoms with Crippen LogP contribution in [-0.4, -0.2) is 64.4 Å². The van der Waals surface area contributed by atoms with Crippen LogP contribution in [0.1, 0.15) is 24.8 Å². The first kappa shape index (κ1) is 18.0. The van der Waals surface area contributed by atoms with Gasteiger partial charge in [-0.15, -0.1) is 0 Å². The third-order valence-electron chi connectivity index (χ3n) is 5.16. The predicted octanol–water partition coefficient (Wildman–Crippen LogP) is 1.57. The second kappa shape index (κ2) is 8.06. The maximum atomic E-state index is 12.7. The summed E-state index contributed by atoms with van der Waals surface area (Å²) in [6, 6.07) is 5.78. The zero-order valence-corrected chi connectivity index (χ0v) is 15.2. The van der Waals surface area contributed by atoms with Gasteiger partial charge in [0, 0.05) is 19.6 Å². The molecule has 3 rings (SSSR count). The number of rotatable bonds is 8. The molecular weight excluding hydrogens is 320 g/mol. The quantitative estimate of drug-likeness (QED) is 0.723. The first-order chi connectivity index (χ1) is 12.2. The maximum Gasteiger partial charge on any atom is 0.230 e. The fourth-order valence-electron chi connectivity index (χ4n) is 3.40. The van der Waals surface area contributed by atoms with Crippen LogP contribution in [0.3, 0.4) is 0 Å². The van der Waals surface area contributed by atoms with Crippen molar-refractivity contribution in [2.75, 3.05) is 53.6 Å². The number of amides is 1. The van der Waals surface area contributed by atoms with Crippen molar-refractivity contribution in [2.24, 2.45) is 0 Å². The second-order valence-corrected chi connectivity index (χ2v) is 6.72. The van der Waals surface area contributed by atoms with Crippen molar-refractivity contribution in [2.45, 2.75) is 24.7 Å². The standard InChI is InChI=1S/C19H28N2O4/c1-23-16-5-4-15(14-17(16)24-2)19(6-7-19)18(22)20-8-3-9-21-10-12-25-13-11-21/h4-5,14H,3,6-13H2,1-2H3,(H,20,22). The molecule has 0 radical (unpaired) electrons. The van der Waals surface area contributed by atoms with E-state index in [1.165, 1.54) is 0 Å². The van der Waals surface area contributed by atoms with E-state index in [0.29, 0.717) is 18.0 Å². The molecule has 2 aliphatic rings. The Morgan fingerprint density at radius 1 is 1.20 bits per heavy atom. The minimum atomic E-state index is -0.390. The number of ether oxygens (including phenoxy) is 3. The molecule has 1 aliphatic carbocycles. The molecule has 138 valence electrons. The molecule has 6 nitrogen and oxygen atoms in total. The van der Waals surface area contributed by atoms with Crippen LogP contribution in [0, 0.1) is 0 Å². The highest BCUT2D eigenvalue weighted by Crippen LogP contribution is 2.50. The number of methoxy groups -OCH3 is 2. The minimum Gasteiger partial charge on any atom is -0.493 e. The van der Waals surface area contributed by atoms with Crippen molar-refractivity contribution in [3.8, 4) is 11.5 Å². The fourth-order valence-corrected chi connectivity index (χ4v) is 3.40. The highest BCUT2D eigenvalue weighted by molar-refractivity contribution is 5.91. The molecule has 0 bridgehead atoms. The molecule has 1 N–H and O–H groups in total. The van der Waals surface area contributed by atoms with Crippen LogP contribution in [0.25, 0.3) is 0 Å². The summed E-state index contributed by atoms with van der Waals surface area (Å²) >= 11 is 0. The molecule has 1 heterocycles. The van der Waals surface area contributed by atoms with E-state index in [2.05, 4.69) is 10.2 Å². The summed E-state index contributed by atoms with van der Waals surface area (Å²) in [5.74, 6) is 1.49. The van der Waals surface area contributed by atoms with Gasteiger partial charge in [0.25, 0.3) is 0 Å². The average molecular weight is 348 g/mol. The van der Waals surface area contributed by atoms with Gasteiger partial charge < -0.3 is 19.5 Å². The van der Waals surface area contributed by atoms with E-state index in [9.17, 15) is 4.79 Å². The Labute approximate surface area is 149 Å². The largest absolute Gasteiger partial charge is 0.493 e. The van der Waals surface area contributed by atoms with E-state index in [-0.39, 0.29) is 5.91 Å². The molecule has 1 saturated heterocycles. The van der Waals surface area contributed by atoms with E-state index >= 15 is 0 Å². The van der Waals surface area contributed by atoms with Crippen molar-refractivity contribution in [1.82, 2.24) is 10.2 Å². The van der Waals surface area contributed by atoms with Gasteiger partial charge in [-0.2, -0.15) is 0 Å². The van der Waals surface area contributed by atoms with E-state index in [1.54, 1.807) is 14.2 Å². The number of nitrogens with one attached hydrogen (secondary N) is 1. The summed E-state index contributed by atoms with van der Waals surface area (Å²) in [4.78, 5) is 15.1. The summed E-state index contributed by atoms with van der Waals surface area (Å²) in [6.45, 7) is 5.33. The molecule has 0 aromatic heterocycles. The monoisotopic (exact) mass is 348 g/mol. The van der Waals surface area contributed by atoms with Gasteiger partial charge in [0.05, 0.1) is 32.8 Å². The predicted molar refractivity (Wildman–Crippen MR) is 95.3 cm³/mol. The fraction of sp³-hybridized carbons (Fsp3) is 0.632. The first-order valence-corrected chi connectivity index (χ1v) is 9.00. The molecule has 2 fully saturated rings. The van der Waals surface area contributed by atoms with Crippen LogP contribution in [0.15, 0.2) is 18.2 Å².